The molecule has 2 heterocycles. The van der Waals surface area contributed by atoms with Crippen molar-refractivity contribution in [3.63, 3.8) is 0 Å². The number of benzene rings is 3. The number of hydrogen-bond donors (Lipinski definition) is 1. The highest BCUT2D eigenvalue weighted by Gasteiger charge is 2.47. The van der Waals surface area contributed by atoms with E-state index in [1.165, 1.54) is 4.90 Å². The molecular weight excluding hydrogens is 378 g/mol. The standard InChI is InChI=1S/C24H19N3O3/c1-24(15-26-21(28)17-11-5-6-12-18(17)22(26)29)25-20-14-8-7-13-19(20)23(30)27(24)16-9-3-2-4-10-16/h2-14,25H,15H2,1H3/t24-/m0/s1. The van der Waals surface area contributed by atoms with Crippen LogP contribution >= 0.6 is 0 Å². The number of imide groups is 1. The number of hydrogen-bond acceptors (Lipinski definition) is 4. The van der Waals surface area contributed by atoms with Crippen LogP contribution in [0.3, 0.4) is 0 Å². The monoisotopic (exact) mass is 397 g/mol. The van der Waals surface area contributed by atoms with Crippen molar-refractivity contribution < 1.29 is 14.4 Å². The van der Waals surface area contributed by atoms with Crippen molar-refractivity contribution >= 4 is 29.1 Å². The van der Waals surface area contributed by atoms with E-state index in [0.29, 0.717) is 28.1 Å². The van der Waals surface area contributed by atoms with E-state index >= 15 is 0 Å². The average molecular weight is 397 g/mol. The van der Waals surface area contributed by atoms with Crippen molar-refractivity contribution in [2.75, 3.05) is 16.8 Å². The van der Waals surface area contributed by atoms with Gasteiger partial charge in [0.15, 0.2) is 0 Å². The summed E-state index contributed by atoms with van der Waals surface area (Å²) in [5.41, 5.74) is 1.65. The fraction of sp³-hybridized carbons (Fsp3) is 0.125. The van der Waals surface area contributed by atoms with Gasteiger partial charge < -0.3 is 5.32 Å². The highest BCUT2D eigenvalue weighted by molar-refractivity contribution is 6.21. The third-order valence-corrected chi connectivity index (χ3v) is 5.62. The smallest absolute Gasteiger partial charge is 0.262 e. The van der Waals surface area contributed by atoms with Gasteiger partial charge in [-0.05, 0) is 43.3 Å². The van der Waals surface area contributed by atoms with Gasteiger partial charge in [0.1, 0.15) is 5.66 Å². The first kappa shape index (κ1) is 18.1. The second-order valence-corrected chi connectivity index (χ2v) is 7.66. The lowest BCUT2D eigenvalue weighted by atomic mass is 9.98. The quantitative estimate of drug-likeness (QED) is 0.683. The molecule has 0 saturated carbocycles. The number of para-hydroxylation sites is 2. The van der Waals surface area contributed by atoms with Gasteiger partial charge in [-0.1, -0.05) is 42.5 Å². The Kier molecular flexibility index (Phi) is 3.96. The van der Waals surface area contributed by atoms with E-state index in [9.17, 15) is 14.4 Å². The lowest BCUT2D eigenvalue weighted by Gasteiger charge is -2.47. The molecule has 2 aliphatic heterocycles. The molecular formula is C24H19N3O3. The molecule has 5 rings (SSSR count). The van der Waals surface area contributed by atoms with E-state index in [1.54, 1.807) is 35.2 Å². The van der Waals surface area contributed by atoms with Crippen LogP contribution in [0.4, 0.5) is 11.4 Å². The van der Waals surface area contributed by atoms with E-state index in [0.717, 1.165) is 0 Å². The molecule has 0 radical (unpaired) electrons. The van der Waals surface area contributed by atoms with E-state index < -0.39 is 5.66 Å². The molecule has 0 bridgehead atoms. The summed E-state index contributed by atoms with van der Waals surface area (Å²) in [6.45, 7) is 1.84. The number of rotatable bonds is 3. The van der Waals surface area contributed by atoms with Crippen LogP contribution in [0.15, 0.2) is 78.9 Å². The predicted molar refractivity (Wildman–Crippen MR) is 114 cm³/mol. The molecule has 3 aromatic carbocycles. The average Bonchev–Trinajstić information content (AvgIpc) is 2.99. The van der Waals surface area contributed by atoms with Gasteiger partial charge in [0.25, 0.3) is 17.7 Å². The summed E-state index contributed by atoms with van der Waals surface area (Å²) in [6.07, 6.45) is 0. The van der Waals surface area contributed by atoms with Crippen LogP contribution in [0.1, 0.15) is 38.0 Å². The first-order chi connectivity index (χ1) is 14.5. The van der Waals surface area contributed by atoms with Crippen LogP contribution in [0, 0.1) is 0 Å². The zero-order valence-electron chi connectivity index (χ0n) is 16.3. The van der Waals surface area contributed by atoms with Gasteiger partial charge in [-0.3, -0.25) is 24.2 Å². The molecule has 1 atom stereocenters. The number of fused-ring (bicyclic) bond motifs is 2. The van der Waals surface area contributed by atoms with Crippen molar-refractivity contribution in [2.24, 2.45) is 0 Å². The van der Waals surface area contributed by atoms with Gasteiger partial charge >= 0.3 is 0 Å². The van der Waals surface area contributed by atoms with Crippen molar-refractivity contribution in [1.82, 2.24) is 4.90 Å². The van der Waals surface area contributed by atoms with Crippen LogP contribution in [-0.4, -0.2) is 34.8 Å². The van der Waals surface area contributed by atoms with Crippen molar-refractivity contribution in [1.29, 1.82) is 0 Å². The molecule has 0 spiro atoms. The largest absolute Gasteiger partial charge is 0.360 e. The molecule has 6 heteroatoms. The molecule has 0 fully saturated rings. The zero-order chi connectivity index (χ0) is 20.9. The lowest BCUT2D eigenvalue weighted by Crippen LogP contribution is -2.64. The maximum absolute atomic E-state index is 13.5. The molecule has 6 nitrogen and oxygen atoms in total. The molecule has 0 aromatic heterocycles. The normalized spacial score (nSPS) is 20.1. The highest BCUT2D eigenvalue weighted by atomic mass is 16.2. The first-order valence-electron chi connectivity index (χ1n) is 9.72. The minimum atomic E-state index is -1.03. The van der Waals surface area contributed by atoms with Crippen LogP contribution in [0.25, 0.3) is 0 Å². The van der Waals surface area contributed by atoms with E-state index in [1.807, 2.05) is 55.5 Å². The van der Waals surface area contributed by atoms with Gasteiger partial charge in [-0.2, -0.15) is 0 Å². The van der Waals surface area contributed by atoms with Crippen molar-refractivity contribution in [3.8, 4) is 0 Å². The molecule has 30 heavy (non-hydrogen) atoms. The molecule has 1 N–H and O–H groups in total. The van der Waals surface area contributed by atoms with Crippen molar-refractivity contribution in [2.45, 2.75) is 12.6 Å². The summed E-state index contributed by atoms with van der Waals surface area (Å²) >= 11 is 0. The summed E-state index contributed by atoms with van der Waals surface area (Å²) in [5.74, 6) is -0.884. The predicted octanol–water partition coefficient (Wildman–Crippen LogP) is 3.77. The number of nitrogens with zero attached hydrogens (tertiary/aromatic N) is 2. The minimum Gasteiger partial charge on any atom is -0.360 e. The Hall–Kier alpha value is -3.93. The zero-order valence-corrected chi connectivity index (χ0v) is 16.3. The molecule has 148 valence electrons. The maximum Gasteiger partial charge on any atom is 0.262 e. The second-order valence-electron chi connectivity index (χ2n) is 7.66. The summed E-state index contributed by atoms with van der Waals surface area (Å²) in [4.78, 5) is 42.3. The maximum atomic E-state index is 13.5. The lowest BCUT2D eigenvalue weighted by molar-refractivity contribution is 0.0615. The summed E-state index contributed by atoms with van der Waals surface area (Å²) in [6, 6.07) is 23.3. The number of carbonyl (C=O) groups is 3. The van der Waals surface area contributed by atoms with Crippen LogP contribution < -0.4 is 10.2 Å². The summed E-state index contributed by atoms with van der Waals surface area (Å²) in [5, 5.41) is 3.41. The molecule has 3 amide bonds. The topological polar surface area (TPSA) is 69.7 Å². The van der Waals surface area contributed by atoms with Gasteiger partial charge in [0.2, 0.25) is 0 Å². The van der Waals surface area contributed by atoms with E-state index in [4.69, 9.17) is 0 Å². The summed E-state index contributed by atoms with van der Waals surface area (Å²) < 4.78 is 0. The number of anilines is 2. The fourth-order valence-corrected chi connectivity index (χ4v) is 4.25. The van der Waals surface area contributed by atoms with Gasteiger partial charge in [-0.15, -0.1) is 0 Å². The van der Waals surface area contributed by atoms with Crippen molar-refractivity contribution in [3.05, 3.63) is 95.6 Å². The number of nitrogens with one attached hydrogen (secondary N) is 1. The molecule has 0 saturated heterocycles. The fourth-order valence-electron chi connectivity index (χ4n) is 4.25. The molecule has 3 aromatic rings. The Labute approximate surface area is 173 Å². The Balaban J connectivity index is 1.59. The Bertz CT molecular complexity index is 1160. The Morgan fingerprint density at radius 3 is 1.87 bits per heavy atom. The van der Waals surface area contributed by atoms with Gasteiger partial charge in [0, 0.05) is 11.4 Å². The van der Waals surface area contributed by atoms with Gasteiger partial charge in [0.05, 0.1) is 23.2 Å². The molecule has 0 unspecified atom stereocenters. The second kappa shape index (κ2) is 6.56. The number of carbonyl (C=O) groups excluding carboxylic acids is 3. The minimum absolute atomic E-state index is 0.00825. The van der Waals surface area contributed by atoms with Gasteiger partial charge in [-0.25, -0.2) is 0 Å². The summed E-state index contributed by atoms with van der Waals surface area (Å²) in [7, 11) is 0. The first-order valence-corrected chi connectivity index (χ1v) is 9.72. The van der Waals surface area contributed by atoms with Crippen LogP contribution in [-0.2, 0) is 0 Å². The Morgan fingerprint density at radius 1 is 0.700 bits per heavy atom. The SMILES string of the molecule is C[C@]1(CN2C(=O)c3ccccc3C2=O)Nc2ccccc2C(=O)N1c1ccccc1. The third-order valence-electron chi connectivity index (χ3n) is 5.62. The Morgan fingerprint density at radius 2 is 1.23 bits per heavy atom. The van der Waals surface area contributed by atoms with E-state index in [-0.39, 0.29) is 24.3 Å². The van der Waals surface area contributed by atoms with Crippen LogP contribution in [0.5, 0.6) is 0 Å². The highest BCUT2D eigenvalue weighted by Crippen LogP contribution is 2.36. The molecule has 2 aliphatic rings. The number of amides is 3. The molecule has 0 aliphatic carbocycles. The third kappa shape index (κ3) is 2.61. The van der Waals surface area contributed by atoms with E-state index in [2.05, 4.69) is 5.32 Å². The van der Waals surface area contributed by atoms with Crippen LogP contribution in [0.2, 0.25) is 0 Å².